The molecule has 0 bridgehead atoms. The van der Waals surface area contributed by atoms with Crippen molar-refractivity contribution in [1.82, 2.24) is 5.32 Å². The van der Waals surface area contributed by atoms with Gasteiger partial charge in [-0.05, 0) is 55.3 Å². The minimum Gasteiger partial charge on any atom is -0.491 e. The van der Waals surface area contributed by atoms with Crippen molar-refractivity contribution in [3.63, 3.8) is 0 Å². The Morgan fingerprint density at radius 1 is 1.00 bits per heavy atom. The molecule has 140 valence electrons. The highest BCUT2D eigenvalue weighted by atomic mass is 16.5. The van der Waals surface area contributed by atoms with Gasteiger partial charge in [-0.2, -0.15) is 0 Å². The van der Waals surface area contributed by atoms with Crippen molar-refractivity contribution in [3.05, 3.63) is 71.8 Å². The van der Waals surface area contributed by atoms with Crippen LogP contribution in [0.3, 0.4) is 0 Å². The lowest BCUT2D eigenvalue weighted by atomic mass is 10.1. The molecule has 0 spiro atoms. The summed E-state index contributed by atoms with van der Waals surface area (Å²) in [5.41, 5.74) is 2.29. The Labute approximate surface area is 160 Å². The molecule has 1 atom stereocenters. The van der Waals surface area contributed by atoms with Crippen LogP contribution in [0.15, 0.2) is 60.7 Å². The van der Waals surface area contributed by atoms with Crippen LogP contribution in [0.2, 0.25) is 0 Å². The molecule has 0 aromatic heterocycles. The van der Waals surface area contributed by atoms with Gasteiger partial charge in [0, 0.05) is 0 Å². The molecule has 0 fully saturated rings. The third-order valence-corrected chi connectivity index (χ3v) is 4.39. The summed E-state index contributed by atoms with van der Waals surface area (Å²) in [6.45, 7) is 6.65. The van der Waals surface area contributed by atoms with Gasteiger partial charge >= 0.3 is 0 Å². The largest absolute Gasteiger partial charge is 0.491 e. The number of aryl methyl sites for hydroxylation is 2. The zero-order chi connectivity index (χ0) is 19.2. The smallest absolute Gasteiger partial charge is 0.260 e. The maximum atomic E-state index is 12.2. The molecule has 0 aliphatic rings. The van der Waals surface area contributed by atoms with E-state index in [2.05, 4.69) is 11.4 Å². The molecule has 0 aliphatic carbocycles. The van der Waals surface area contributed by atoms with Gasteiger partial charge in [0.1, 0.15) is 18.1 Å². The number of carbonyl (C=O) groups excluding carboxylic acids is 1. The fourth-order valence-electron chi connectivity index (χ4n) is 2.94. The Hall–Kier alpha value is -3.01. The van der Waals surface area contributed by atoms with E-state index in [0.717, 1.165) is 22.1 Å². The third kappa shape index (κ3) is 5.00. The molecular weight excluding hydrogens is 338 g/mol. The van der Waals surface area contributed by atoms with Crippen molar-refractivity contribution in [2.75, 3.05) is 13.2 Å². The van der Waals surface area contributed by atoms with Crippen molar-refractivity contribution in [2.24, 2.45) is 0 Å². The molecule has 0 saturated heterocycles. The second kappa shape index (κ2) is 8.58. The number of hydrogen-bond donors (Lipinski definition) is 1. The van der Waals surface area contributed by atoms with Gasteiger partial charge in [-0.3, -0.25) is 4.79 Å². The van der Waals surface area contributed by atoms with E-state index in [9.17, 15) is 4.79 Å². The normalized spacial score (nSPS) is 11.8. The van der Waals surface area contributed by atoms with Crippen LogP contribution >= 0.6 is 0 Å². The van der Waals surface area contributed by atoms with E-state index >= 15 is 0 Å². The van der Waals surface area contributed by atoms with E-state index in [-0.39, 0.29) is 5.91 Å². The number of hydrogen-bond acceptors (Lipinski definition) is 3. The van der Waals surface area contributed by atoms with E-state index < -0.39 is 6.10 Å². The molecule has 0 radical (unpaired) electrons. The maximum absolute atomic E-state index is 12.2. The molecule has 3 rings (SSSR count). The fourth-order valence-corrected chi connectivity index (χ4v) is 2.94. The predicted molar refractivity (Wildman–Crippen MR) is 108 cm³/mol. The van der Waals surface area contributed by atoms with Crippen LogP contribution in [0.1, 0.15) is 18.1 Å². The molecule has 0 unspecified atom stereocenters. The standard InChI is InChI=1S/C23H25NO3/c1-16-8-11-22(17(2)14-16)26-13-12-24-23(25)18(3)27-21-10-9-19-6-4-5-7-20(19)15-21/h4-11,14-15,18H,12-13H2,1-3H3,(H,24,25)/t18-/m1/s1. The van der Waals surface area contributed by atoms with Crippen LogP contribution in [0, 0.1) is 13.8 Å². The highest BCUT2D eigenvalue weighted by molar-refractivity contribution is 5.84. The van der Waals surface area contributed by atoms with Crippen molar-refractivity contribution in [2.45, 2.75) is 26.9 Å². The Morgan fingerprint density at radius 2 is 1.78 bits per heavy atom. The first-order valence-electron chi connectivity index (χ1n) is 9.16. The van der Waals surface area contributed by atoms with Crippen LogP contribution in [-0.2, 0) is 4.79 Å². The summed E-state index contributed by atoms with van der Waals surface area (Å²) in [6.07, 6.45) is -0.577. The first-order chi connectivity index (χ1) is 13.0. The lowest BCUT2D eigenvalue weighted by Crippen LogP contribution is -2.38. The first kappa shape index (κ1) is 18.8. The van der Waals surface area contributed by atoms with Crippen molar-refractivity contribution < 1.29 is 14.3 Å². The fraction of sp³-hybridized carbons (Fsp3) is 0.261. The van der Waals surface area contributed by atoms with E-state index in [1.54, 1.807) is 6.92 Å². The molecule has 1 amide bonds. The van der Waals surface area contributed by atoms with E-state index in [4.69, 9.17) is 9.47 Å². The van der Waals surface area contributed by atoms with Gasteiger partial charge in [-0.1, -0.05) is 48.0 Å². The SMILES string of the molecule is Cc1ccc(OCCNC(=O)[C@@H](C)Oc2ccc3ccccc3c2)c(C)c1. The van der Waals surface area contributed by atoms with E-state index in [0.29, 0.717) is 18.9 Å². The predicted octanol–water partition coefficient (Wildman–Crippen LogP) is 4.42. The topological polar surface area (TPSA) is 47.6 Å². The molecule has 0 heterocycles. The van der Waals surface area contributed by atoms with Crippen LogP contribution in [-0.4, -0.2) is 25.2 Å². The average Bonchev–Trinajstić information content (AvgIpc) is 2.66. The van der Waals surface area contributed by atoms with Crippen molar-refractivity contribution in [1.29, 1.82) is 0 Å². The highest BCUT2D eigenvalue weighted by Crippen LogP contribution is 2.21. The van der Waals surface area contributed by atoms with Gasteiger partial charge < -0.3 is 14.8 Å². The first-order valence-corrected chi connectivity index (χ1v) is 9.16. The lowest BCUT2D eigenvalue weighted by Gasteiger charge is -2.16. The number of carbonyl (C=O) groups is 1. The number of rotatable bonds is 7. The number of ether oxygens (including phenoxy) is 2. The van der Waals surface area contributed by atoms with Gasteiger partial charge in [0.05, 0.1) is 6.54 Å². The molecule has 4 nitrogen and oxygen atoms in total. The Kier molecular flexibility index (Phi) is 5.97. The quantitative estimate of drug-likeness (QED) is 0.632. The number of amides is 1. The zero-order valence-electron chi connectivity index (χ0n) is 16.0. The second-order valence-electron chi connectivity index (χ2n) is 6.68. The summed E-state index contributed by atoms with van der Waals surface area (Å²) < 4.78 is 11.5. The van der Waals surface area contributed by atoms with Crippen LogP contribution < -0.4 is 14.8 Å². The Bertz CT molecular complexity index is 936. The second-order valence-corrected chi connectivity index (χ2v) is 6.68. The van der Waals surface area contributed by atoms with Crippen LogP contribution in [0.4, 0.5) is 0 Å². The van der Waals surface area contributed by atoms with Crippen LogP contribution in [0.25, 0.3) is 10.8 Å². The minimum atomic E-state index is -0.577. The third-order valence-electron chi connectivity index (χ3n) is 4.39. The van der Waals surface area contributed by atoms with E-state index in [1.165, 1.54) is 5.56 Å². The minimum absolute atomic E-state index is 0.160. The lowest BCUT2D eigenvalue weighted by molar-refractivity contribution is -0.127. The van der Waals surface area contributed by atoms with Gasteiger partial charge in [0.25, 0.3) is 5.91 Å². The number of fused-ring (bicyclic) bond motifs is 1. The number of benzene rings is 3. The molecule has 0 saturated carbocycles. The Morgan fingerprint density at radius 3 is 2.56 bits per heavy atom. The molecule has 1 N–H and O–H groups in total. The molecule has 0 aliphatic heterocycles. The molecule has 3 aromatic carbocycles. The average molecular weight is 363 g/mol. The maximum Gasteiger partial charge on any atom is 0.260 e. The summed E-state index contributed by atoms with van der Waals surface area (Å²) in [5.74, 6) is 1.37. The zero-order valence-corrected chi connectivity index (χ0v) is 16.0. The highest BCUT2D eigenvalue weighted by Gasteiger charge is 2.14. The van der Waals surface area contributed by atoms with Crippen LogP contribution in [0.5, 0.6) is 11.5 Å². The molecule has 27 heavy (non-hydrogen) atoms. The van der Waals surface area contributed by atoms with E-state index in [1.807, 2.05) is 68.4 Å². The summed E-state index contributed by atoms with van der Waals surface area (Å²) in [5, 5.41) is 5.08. The molecular formula is C23H25NO3. The van der Waals surface area contributed by atoms with Gasteiger partial charge in [-0.25, -0.2) is 0 Å². The number of nitrogens with one attached hydrogen (secondary N) is 1. The summed E-state index contributed by atoms with van der Waals surface area (Å²) in [7, 11) is 0. The van der Waals surface area contributed by atoms with Gasteiger partial charge in [0.2, 0.25) is 0 Å². The summed E-state index contributed by atoms with van der Waals surface area (Å²) in [4.78, 5) is 12.2. The van der Waals surface area contributed by atoms with Crippen molar-refractivity contribution >= 4 is 16.7 Å². The van der Waals surface area contributed by atoms with Gasteiger partial charge in [0.15, 0.2) is 6.10 Å². The summed E-state index contributed by atoms with van der Waals surface area (Å²) >= 11 is 0. The van der Waals surface area contributed by atoms with Crippen molar-refractivity contribution in [3.8, 4) is 11.5 Å². The molecule has 3 aromatic rings. The molecule has 4 heteroatoms. The Balaban J connectivity index is 1.47. The monoisotopic (exact) mass is 363 g/mol. The van der Waals surface area contributed by atoms with Gasteiger partial charge in [-0.15, -0.1) is 0 Å². The summed E-state index contributed by atoms with van der Waals surface area (Å²) in [6, 6.07) is 19.9.